The number of carbonyl (C=O) groups excluding carboxylic acids is 7. The van der Waals surface area contributed by atoms with E-state index in [1.807, 2.05) is 0 Å². The maximum atomic E-state index is 12.7. The molecule has 1 radical (unpaired) electrons. The minimum atomic E-state index is -2.16. The Labute approximate surface area is 536 Å². The van der Waals surface area contributed by atoms with Gasteiger partial charge >= 0.3 is 51.9 Å². The van der Waals surface area contributed by atoms with Crippen LogP contribution in [0.15, 0.2) is 10.3 Å². The number of hydrogen-bond acceptors (Lipinski definition) is 39. The molecule has 42 nitrogen and oxygen atoms in total. The molecule has 20 N–H and O–H groups in total. The molecule has 2 aliphatic rings. The first-order valence-electron chi connectivity index (χ1n) is 26.2. The minimum absolute atomic E-state index is 0. The summed E-state index contributed by atoms with van der Waals surface area (Å²) in [5.41, 5.74) is 0. The van der Waals surface area contributed by atoms with Gasteiger partial charge in [-0.2, -0.15) is 0 Å². The molecule has 0 aromatic rings. The van der Waals surface area contributed by atoms with Gasteiger partial charge in [0, 0.05) is 45.8 Å². The second kappa shape index (κ2) is 45.0. The number of esters is 2. The van der Waals surface area contributed by atoms with Gasteiger partial charge in [0.05, 0.1) is 82.9 Å². The van der Waals surface area contributed by atoms with Crippen LogP contribution >= 0.6 is 0 Å². The van der Waals surface area contributed by atoms with Crippen LogP contribution in [0.4, 0.5) is 0 Å². The van der Waals surface area contributed by atoms with Gasteiger partial charge in [-0.15, -0.1) is 0 Å². The monoisotopic (exact) mass is 1450 g/mol. The third kappa shape index (κ3) is 31.2. The number of carbonyl (C=O) groups is 7. The van der Waals surface area contributed by atoms with Gasteiger partial charge in [-0.1, -0.05) is 10.3 Å². The minimum Gasteiger partial charge on any atom is -0.549 e. The molecule has 2 amide bonds. The number of carboxylic acids is 3. The molecule has 2 aliphatic heterocycles. The van der Waals surface area contributed by atoms with Crippen LogP contribution in [0.25, 0.3) is 0 Å². The van der Waals surface area contributed by atoms with E-state index in [-0.39, 0.29) is 84.7 Å². The van der Waals surface area contributed by atoms with Gasteiger partial charge in [-0.25, -0.2) is 9.59 Å². The van der Waals surface area contributed by atoms with Crippen LogP contribution in [0.2, 0.25) is 0 Å². The van der Waals surface area contributed by atoms with E-state index < -0.39 is 237 Å². The third-order valence-electron chi connectivity index (χ3n) is 12.4. The van der Waals surface area contributed by atoms with Crippen molar-refractivity contribution in [2.45, 2.75) is 110 Å². The number of aliphatic hydroxyl groups is 16. The van der Waals surface area contributed by atoms with Gasteiger partial charge in [0.1, 0.15) is 111 Å². The third-order valence-corrected chi connectivity index (χ3v) is 12.4. The van der Waals surface area contributed by atoms with E-state index >= 15 is 0 Å². The summed E-state index contributed by atoms with van der Waals surface area (Å²) in [6, 6.07) is 0. The quantitative estimate of drug-likeness (QED) is 0.0117. The molecule has 0 aliphatic carbocycles. The zero-order chi connectivity index (χ0) is 65.5. The topological polar surface area (TPSA) is 676 Å². The van der Waals surface area contributed by atoms with Crippen molar-refractivity contribution in [1.82, 2.24) is 25.3 Å². The summed E-state index contributed by atoms with van der Waals surface area (Å²) in [4.78, 5) is 96.9. The second-order valence-electron chi connectivity index (χ2n) is 19.1. The van der Waals surface area contributed by atoms with Gasteiger partial charge in [-0.3, -0.25) is 24.3 Å². The van der Waals surface area contributed by atoms with E-state index in [0.29, 0.717) is 12.4 Å². The van der Waals surface area contributed by atoms with Gasteiger partial charge in [0.15, 0.2) is 12.6 Å². The van der Waals surface area contributed by atoms with Crippen molar-refractivity contribution in [3.63, 3.8) is 0 Å². The Morgan fingerprint density at radius 1 is 0.506 bits per heavy atom. The molecule has 0 aromatic heterocycles. The molecule has 2 saturated heterocycles. The molecular formula is C46H78GdN7O35. The van der Waals surface area contributed by atoms with Crippen LogP contribution in [0.5, 0.6) is 0 Å². The number of nitrogens with zero attached hydrogens (tertiary/aromatic N) is 5. The number of aliphatic hydroxyl groups excluding tert-OH is 16. The van der Waals surface area contributed by atoms with Crippen molar-refractivity contribution < 1.29 is 214 Å². The van der Waals surface area contributed by atoms with Crippen LogP contribution < -0.4 is 26.0 Å². The Morgan fingerprint density at radius 2 is 0.831 bits per heavy atom. The zero-order valence-corrected chi connectivity index (χ0v) is 49.3. The largest absolute Gasteiger partial charge is 3.00 e. The van der Waals surface area contributed by atoms with E-state index in [2.05, 4.69) is 20.9 Å². The molecule has 89 heavy (non-hydrogen) atoms. The van der Waals surface area contributed by atoms with Crippen molar-refractivity contribution in [1.29, 1.82) is 0 Å². The fourth-order valence-corrected chi connectivity index (χ4v) is 7.75. The molecule has 0 aromatic carbocycles. The number of hydrogen-bond donors (Lipinski definition) is 18. The first-order chi connectivity index (χ1) is 41.1. The number of ether oxygens (including phenoxy) is 6. The molecule has 43 heteroatoms. The van der Waals surface area contributed by atoms with Crippen LogP contribution in [0.1, 0.15) is 0 Å². The smallest absolute Gasteiger partial charge is 0.549 e. The first kappa shape index (κ1) is 84.6. The summed E-state index contributed by atoms with van der Waals surface area (Å²) in [7, 11) is 0. The maximum Gasteiger partial charge on any atom is 3.00 e. The van der Waals surface area contributed by atoms with E-state index in [9.17, 15) is 131 Å². The molecule has 0 saturated carbocycles. The summed E-state index contributed by atoms with van der Waals surface area (Å²) in [6.45, 7) is -12.2. The predicted molar refractivity (Wildman–Crippen MR) is 272 cm³/mol. The van der Waals surface area contributed by atoms with Crippen LogP contribution in [0.3, 0.4) is 0 Å². The van der Waals surface area contributed by atoms with Gasteiger partial charge in [0.2, 0.25) is 25.0 Å². The zero-order valence-electron chi connectivity index (χ0n) is 47.1. The Bertz CT molecular complexity index is 2010. The van der Waals surface area contributed by atoms with Crippen LogP contribution in [-0.2, 0) is 71.7 Å². The molecule has 2 heterocycles. The van der Waals surface area contributed by atoms with Crippen molar-refractivity contribution in [3.05, 3.63) is 0 Å². The molecule has 0 spiro atoms. The van der Waals surface area contributed by atoms with Gasteiger partial charge < -0.3 is 166 Å². The average Bonchev–Trinajstić information content (AvgIpc) is 2.32. The molecule has 515 valence electrons. The SMILES string of the molecule is O.O=C([O-])CN(CCN(CC(=O)[O-])CC(=O)NCCOC(=O)CO/N=C\[C@@H](O)[C@H](O)[C@@H](O[C@@H]1O[C@H](CO)[C@H](O)[C@H](O)[C@H]1O)[C@@H](O)CO)CCN(CC(=O)[O-])CC(=O)NCCOC(=O)CO/N=C/[C@@H](O)[C@H](O)[C@@H](O[C@H]1O[C@H](CO)[C@H](O)[C@H](O)[C@H]1O)[C@@H](O)CO.[Gd+3]. The van der Waals surface area contributed by atoms with Crippen molar-refractivity contribution in [2.75, 3.05) is 125 Å². The Kier molecular flexibility index (Phi) is 42.8. The molecule has 18 atom stereocenters. The standard InChI is InChI=1S/C46H79N7O34.Gd.H2O/c54-16-24(60)43(86-45-41(78)39(76)37(74)26(18-56)84-45)35(72)22(58)9-49-82-20-33(70)80-7-1-47-28(62)11-52(14-31(66)67)5-3-51(13-30(64)65)4-6-53(15-32(68)69)12-29(63)48-2-8-81-34(71)21-83-50-10-23(59)36(73)44(25(61)17-55)87-46-42(79)40(77)38(75)27(19-57)85-46;;/h9-10,22-27,35-46,54-61,72-79H,1-8,11-21H2,(H,47,62)(H,48,63)(H,64,65)(H,66,67)(H,68,69);;1H2/q;+3;/p-3/b49-9-,50-10+;;/t22-,23-,24+,25+,26-,27-,35+,36+,37+,38+,39+,40+,41-,42-,43+,44+,45+,46-;;/m1../s1. The molecule has 2 fully saturated rings. The van der Waals surface area contributed by atoms with Gasteiger partial charge in [0.25, 0.3) is 0 Å². The van der Waals surface area contributed by atoms with E-state index in [1.165, 1.54) is 4.90 Å². The van der Waals surface area contributed by atoms with Crippen LogP contribution in [0, 0.1) is 39.9 Å². The van der Waals surface area contributed by atoms with E-state index in [0.717, 1.165) is 9.80 Å². The number of nitrogens with one attached hydrogen (secondary N) is 2. The van der Waals surface area contributed by atoms with Gasteiger partial charge in [-0.05, 0) is 0 Å². The maximum absolute atomic E-state index is 12.7. The number of amides is 2. The Morgan fingerprint density at radius 3 is 1.15 bits per heavy atom. The number of aliphatic carboxylic acids is 3. The molecule has 0 unspecified atom stereocenters. The fraction of sp³-hybridized carbons (Fsp3) is 0.804. The summed E-state index contributed by atoms with van der Waals surface area (Å²) >= 11 is 0. The predicted octanol–water partition coefficient (Wildman–Crippen LogP) is -19.8. The van der Waals surface area contributed by atoms with E-state index in [1.54, 1.807) is 0 Å². The Hall–Kier alpha value is -4.41. The molecule has 2 rings (SSSR count). The van der Waals surface area contributed by atoms with Crippen molar-refractivity contribution in [3.8, 4) is 0 Å². The van der Waals surface area contributed by atoms with Crippen molar-refractivity contribution >= 4 is 54.1 Å². The van der Waals surface area contributed by atoms with E-state index in [4.69, 9.17) is 38.1 Å². The Balaban J connectivity index is 0.0000387. The molecule has 0 bridgehead atoms. The average molecular weight is 1450 g/mol. The normalized spacial score (nSPS) is 24.7. The second-order valence-corrected chi connectivity index (χ2v) is 19.1. The summed E-state index contributed by atoms with van der Waals surface area (Å²) in [5, 5.41) is 206. The number of carboxylic acid groups (broad SMARTS) is 3. The van der Waals surface area contributed by atoms with Crippen LogP contribution in [-0.4, -0.2) is 391 Å². The molecular weight excluding hydrogens is 1370 g/mol. The number of rotatable bonds is 44. The number of oxime groups is 2. The summed E-state index contributed by atoms with van der Waals surface area (Å²) in [5.74, 6) is -8.72. The first-order valence-corrected chi connectivity index (χ1v) is 26.2. The van der Waals surface area contributed by atoms with Crippen molar-refractivity contribution in [2.24, 2.45) is 10.3 Å². The summed E-state index contributed by atoms with van der Waals surface area (Å²) in [6.07, 6.45) is -33.3. The fourth-order valence-electron chi connectivity index (χ4n) is 7.75. The summed E-state index contributed by atoms with van der Waals surface area (Å²) < 4.78 is 30.5.